The van der Waals surface area contributed by atoms with Crippen molar-refractivity contribution < 1.29 is 38.3 Å². The normalized spacial score (nSPS) is 14.1. The fraction of sp³-hybridized carbons (Fsp3) is 0.250. The van der Waals surface area contributed by atoms with Crippen LogP contribution in [0.25, 0.3) is 17.1 Å². The molecule has 3 aromatic heterocycles. The summed E-state index contributed by atoms with van der Waals surface area (Å²) in [6.07, 6.45) is 12.2. The van der Waals surface area contributed by atoms with Crippen molar-refractivity contribution in [2.24, 2.45) is 0 Å². The summed E-state index contributed by atoms with van der Waals surface area (Å²) in [5, 5.41) is 25.0. The number of hydrogen-bond donors (Lipinski definition) is 3. The summed E-state index contributed by atoms with van der Waals surface area (Å²) in [5.74, 6) is 2.58. The molecule has 20 heteroatoms. The van der Waals surface area contributed by atoms with Crippen molar-refractivity contribution in [1.82, 2.24) is 13.7 Å². The van der Waals surface area contributed by atoms with Crippen LogP contribution in [0.2, 0.25) is 0 Å². The zero-order valence-corrected chi connectivity index (χ0v) is 49.4. The lowest BCUT2D eigenvalue weighted by atomic mass is 9.99. The minimum Gasteiger partial charge on any atom is -0.497 e. The molecule has 84 heavy (non-hydrogen) atoms. The highest BCUT2D eigenvalue weighted by molar-refractivity contribution is 5.68. The number of nitro benzene ring substituents is 2. The van der Waals surface area contributed by atoms with Gasteiger partial charge in [0, 0.05) is 95.8 Å². The lowest BCUT2D eigenvalue weighted by molar-refractivity contribution is -0.384. The van der Waals surface area contributed by atoms with E-state index in [1.54, 1.807) is 56.5 Å². The number of ether oxygens (including phenoxy) is 6. The Morgan fingerprint density at radius 2 is 1.04 bits per heavy atom. The molecule has 0 radical (unpaired) electrons. The van der Waals surface area contributed by atoms with Crippen LogP contribution in [-0.2, 0) is 9.47 Å². The van der Waals surface area contributed by atoms with Crippen molar-refractivity contribution in [1.29, 1.82) is 0 Å². The SMILES string of the molecule is COC1CCC(C)O1.COc1ccc(-n2cccc2)c(N)c1.COc1ccc(-n2cccc2)c([N+](=O)[O-])c1.COc1ccc(N(C)C)cc1.COc1ccc(N)c([N+](=O)[O-])c1.Cc1ccc2c(c1)NC(c1ccc(N(C)C)cc1)c1cccn1-2. The number of methoxy groups -OCH3 is 5. The molecule has 1 saturated heterocycles. The number of benzene rings is 6. The zero-order valence-electron chi connectivity index (χ0n) is 49.4. The molecule has 1 fully saturated rings. The zero-order chi connectivity index (χ0) is 60.9. The van der Waals surface area contributed by atoms with Crippen LogP contribution in [0.15, 0.2) is 189 Å². The summed E-state index contributed by atoms with van der Waals surface area (Å²) >= 11 is 0. The number of fused-ring (bicyclic) bond motifs is 3. The quantitative estimate of drug-likeness (QED) is 0.0587. The molecule has 442 valence electrons. The predicted octanol–water partition coefficient (Wildman–Crippen LogP) is 12.9. The first kappa shape index (κ1) is 63.3. The topological polar surface area (TPSA) is 227 Å². The molecule has 0 saturated carbocycles. The second-order valence-electron chi connectivity index (χ2n) is 19.6. The minimum atomic E-state index is -0.544. The van der Waals surface area contributed by atoms with Crippen molar-refractivity contribution in [3.8, 4) is 40.1 Å². The van der Waals surface area contributed by atoms with E-state index in [1.165, 1.54) is 72.0 Å². The first-order valence-corrected chi connectivity index (χ1v) is 26.8. The van der Waals surface area contributed by atoms with Gasteiger partial charge in [0.15, 0.2) is 6.29 Å². The second kappa shape index (κ2) is 30.8. The Labute approximate surface area is 491 Å². The van der Waals surface area contributed by atoms with Crippen molar-refractivity contribution in [3.05, 3.63) is 226 Å². The molecule has 0 amide bonds. The first-order valence-electron chi connectivity index (χ1n) is 26.8. The predicted molar refractivity (Wildman–Crippen MR) is 334 cm³/mol. The largest absolute Gasteiger partial charge is 0.497 e. The molecule has 5 N–H and O–H groups in total. The van der Waals surface area contributed by atoms with Crippen molar-refractivity contribution in [2.45, 2.75) is 45.1 Å². The summed E-state index contributed by atoms with van der Waals surface area (Å²) in [7, 11) is 16.1. The number of nitrogens with zero attached hydrogens (tertiary/aromatic N) is 7. The number of anilines is 5. The Kier molecular flexibility index (Phi) is 23.2. The monoisotopic (exact) mass is 1140 g/mol. The molecule has 0 bridgehead atoms. The van der Waals surface area contributed by atoms with Crippen LogP contribution in [0.3, 0.4) is 0 Å². The Morgan fingerprint density at radius 3 is 1.52 bits per heavy atom. The average molecular weight is 1150 g/mol. The lowest BCUT2D eigenvalue weighted by Crippen LogP contribution is -2.22. The van der Waals surface area contributed by atoms with Gasteiger partial charge >= 0.3 is 0 Å². The Balaban J connectivity index is 0.000000167. The van der Waals surface area contributed by atoms with Gasteiger partial charge in [-0.05, 0) is 153 Å². The third kappa shape index (κ3) is 17.3. The summed E-state index contributed by atoms with van der Waals surface area (Å²) in [4.78, 5) is 24.5. The number of nitrogens with one attached hydrogen (secondary N) is 1. The van der Waals surface area contributed by atoms with E-state index in [-0.39, 0.29) is 29.4 Å². The van der Waals surface area contributed by atoms with Gasteiger partial charge in [-0.25, -0.2) is 0 Å². The Morgan fingerprint density at radius 1 is 0.548 bits per heavy atom. The molecule has 2 aliphatic rings. The van der Waals surface area contributed by atoms with E-state index in [0.29, 0.717) is 29.0 Å². The molecular formula is C64H76N10O10. The number of nitrogen functional groups attached to an aromatic ring is 2. The number of aromatic nitrogens is 3. The van der Waals surface area contributed by atoms with Gasteiger partial charge in [0.2, 0.25) is 0 Å². The van der Waals surface area contributed by atoms with E-state index in [0.717, 1.165) is 30.0 Å². The van der Waals surface area contributed by atoms with Gasteiger partial charge in [-0.2, -0.15) is 0 Å². The molecule has 0 aliphatic carbocycles. The van der Waals surface area contributed by atoms with Gasteiger partial charge in [-0.3, -0.25) is 20.2 Å². The maximum atomic E-state index is 10.9. The molecule has 20 nitrogen and oxygen atoms in total. The molecular weight excluding hydrogens is 1070 g/mol. The van der Waals surface area contributed by atoms with Crippen molar-refractivity contribution in [3.63, 3.8) is 0 Å². The van der Waals surface area contributed by atoms with Gasteiger partial charge in [-0.1, -0.05) is 18.2 Å². The van der Waals surface area contributed by atoms with Crippen molar-refractivity contribution in [2.75, 3.05) is 90.3 Å². The molecule has 9 aromatic rings. The summed E-state index contributed by atoms with van der Waals surface area (Å²) in [5.41, 5.74) is 22.1. The molecule has 3 atom stereocenters. The number of hydrogen-bond acceptors (Lipinski definition) is 15. The van der Waals surface area contributed by atoms with Crippen LogP contribution >= 0.6 is 0 Å². The van der Waals surface area contributed by atoms with E-state index in [4.69, 9.17) is 39.9 Å². The fourth-order valence-electron chi connectivity index (χ4n) is 8.78. The maximum Gasteiger partial charge on any atom is 0.296 e. The average Bonchev–Trinajstić information content (AvgIpc) is 4.52. The molecule has 0 spiro atoms. The highest BCUT2D eigenvalue weighted by Crippen LogP contribution is 2.38. The fourth-order valence-corrected chi connectivity index (χ4v) is 8.78. The van der Waals surface area contributed by atoms with E-state index < -0.39 is 9.85 Å². The lowest BCUT2D eigenvalue weighted by Gasteiger charge is -2.30. The van der Waals surface area contributed by atoms with E-state index in [9.17, 15) is 20.2 Å². The third-order valence-corrected chi connectivity index (χ3v) is 13.4. The molecule has 5 heterocycles. The van der Waals surface area contributed by atoms with Gasteiger partial charge in [0.1, 0.15) is 34.4 Å². The molecule has 11 rings (SSSR count). The van der Waals surface area contributed by atoms with Crippen LogP contribution in [-0.4, -0.2) is 99.7 Å². The Bertz CT molecular complexity index is 3480. The van der Waals surface area contributed by atoms with Gasteiger partial charge in [0.25, 0.3) is 11.4 Å². The smallest absolute Gasteiger partial charge is 0.296 e. The summed E-state index contributed by atoms with van der Waals surface area (Å²) < 4.78 is 36.1. The van der Waals surface area contributed by atoms with Crippen molar-refractivity contribution >= 4 is 39.8 Å². The second-order valence-corrected chi connectivity index (χ2v) is 19.6. The molecule has 2 aliphatic heterocycles. The van der Waals surface area contributed by atoms with Gasteiger partial charge in [0.05, 0.1) is 85.3 Å². The Hall–Kier alpha value is -9.92. The van der Waals surface area contributed by atoms with Crippen LogP contribution in [0, 0.1) is 27.2 Å². The van der Waals surface area contributed by atoms with Crippen LogP contribution in [0.1, 0.15) is 42.6 Å². The van der Waals surface area contributed by atoms with Gasteiger partial charge < -0.3 is 68.7 Å². The number of aryl methyl sites for hydroxylation is 1. The third-order valence-electron chi connectivity index (χ3n) is 13.4. The number of nitrogens with two attached hydrogens (primary N) is 2. The van der Waals surface area contributed by atoms with E-state index >= 15 is 0 Å². The van der Waals surface area contributed by atoms with E-state index in [1.807, 2.05) is 97.8 Å². The molecule has 3 unspecified atom stereocenters. The maximum absolute atomic E-state index is 10.9. The summed E-state index contributed by atoms with van der Waals surface area (Å²) in [6.45, 7) is 4.20. The van der Waals surface area contributed by atoms with E-state index in [2.05, 4.69) is 108 Å². The molecule has 6 aromatic carbocycles. The minimum absolute atomic E-state index is 0.0237. The standard InChI is InChI=1S/C20H21N3.C11H10N2O3.C11H12N2O.C9H13NO.C7H8N2O3.C6H12O2/c1-14-6-11-18-17(13-14)21-20(19-5-4-12-23(18)19)15-7-9-16(10-8-15)22(2)3;1-16-9-4-5-10(11(8-9)13(14)15)12-6-2-3-7-12;1-14-9-4-5-11(10(12)8-9)13-6-2-3-7-13;1-10(2)8-4-6-9(11-3)7-5-8;1-12-5-2-3-6(8)7(4-5)9(10)11;1-5-3-4-6(7-2)8-5/h4-13,20-21H,1-3H3;2-8H,1H3;2-8H,12H2,1H3;4-7H,1-3H3;2-4H,8H2,1H3;5-6H,3-4H2,1-2H3. The first-order chi connectivity index (χ1) is 40.4. The number of rotatable bonds is 12. The van der Waals surface area contributed by atoms with Crippen LogP contribution in [0.4, 0.5) is 39.8 Å². The van der Waals surface area contributed by atoms with Gasteiger partial charge in [-0.15, -0.1) is 0 Å². The number of nitro groups is 2. The summed E-state index contributed by atoms with van der Waals surface area (Å²) in [6, 6.07) is 50.1. The highest BCUT2D eigenvalue weighted by atomic mass is 16.7. The van der Waals surface area contributed by atoms with Crippen LogP contribution < -0.4 is 45.5 Å². The highest BCUT2D eigenvalue weighted by Gasteiger charge is 2.25. The van der Waals surface area contributed by atoms with Crippen LogP contribution in [0.5, 0.6) is 23.0 Å².